The van der Waals surface area contributed by atoms with Crippen LogP contribution in [0, 0.1) is 17.9 Å². The number of nitrogens with one attached hydrogen (secondary N) is 1. The van der Waals surface area contributed by atoms with Crippen LogP contribution < -0.4 is 5.32 Å². The summed E-state index contributed by atoms with van der Waals surface area (Å²) in [5, 5.41) is 22.3. The zero-order chi connectivity index (χ0) is 28.1. The molecular weight excluding hydrogens is 582 g/mol. The summed E-state index contributed by atoms with van der Waals surface area (Å²) in [6.45, 7) is 6.98. The van der Waals surface area contributed by atoms with Crippen LogP contribution in [0.3, 0.4) is 0 Å². The Morgan fingerprint density at radius 3 is 2.21 bits per heavy atom. The van der Waals surface area contributed by atoms with Gasteiger partial charge in [0.05, 0.1) is 60.6 Å². The van der Waals surface area contributed by atoms with Gasteiger partial charge in [0.2, 0.25) is 5.89 Å². The third-order valence-corrected chi connectivity index (χ3v) is 6.50. The van der Waals surface area contributed by atoms with E-state index in [-0.39, 0.29) is 27.0 Å². The Labute approximate surface area is 242 Å². The fourth-order valence-electron chi connectivity index (χ4n) is 3.40. The topological polar surface area (TPSA) is 104 Å². The molecule has 39 heavy (non-hydrogen) atoms. The van der Waals surface area contributed by atoms with Crippen LogP contribution in [-0.4, -0.2) is 16.0 Å². The number of oxazole rings is 1. The van der Waals surface area contributed by atoms with Crippen LogP contribution in [0.25, 0.3) is 27.4 Å². The first-order chi connectivity index (χ1) is 18.7. The highest BCUT2D eigenvalue weighted by molar-refractivity contribution is 6.40. The van der Waals surface area contributed by atoms with Gasteiger partial charge in [0.25, 0.3) is 5.91 Å². The number of amides is 1. The SMILES string of the molecule is N#Cc1ccc(O)c(NC(=O)c2c(Cl)cccc2Cl)c1.[C-]#[N+]c1ccc2oc(-c3c(Cl)cccc3Cl)nc2c1. The van der Waals surface area contributed by atoms with Crippen LogP contribution >= 0.6 is 46.4 Å². The van der Waals surface area contributed by atoms with Gasteiger partial charge in [0.1, 0.15) is 5.75 Å². The molecule has 1 amide bonds. The zero-order valence-electron chi connectivity index (χ0n) is 19.5. The van der Waals surface area contributed by atoms with E-state index in [4.69, 9.17) is 62.7 Å². The van der Waals surface area contributed by atoms with E-state index in [0.29, 0.717) is 43.9 Å². The maximum Gasteiger partial charge on any atom is 0.258 e. The second kappa shape index (κ2) is 12.1. The molecule has 4 aromatic carbocycles. The number of anilines is 1. The summed E-state index contributed by atoms with van der Waals surface area (Å²) in [6, 6.07) is 21.0. The number of hydrogen-bond acceptors (Lipinski definition) is 5. The van der Waals surface area contributed by atoms with Crippen molar-refractivity contribution in [2.45, 2.75) is 0 Å². The first-order valence-electron chi connectivity index (χ1n) is 10.9. The molecule has 5 aromatic rings. The number of aromatic hydroxyl groups is 1. The van der Waals surface area contributed by atoms with E-state index in [0.717, 1.165) is 0 Å². The summed E-state index contributed by atoms with van der Waals surface area (Å²) in [5.41, 5.74) is 2.81. The second-order valence-corrected chi connectivity index (χ2v) is 9.40. The number of aromatic nitrogens is 1. The molecule has 0 saturated heterocycles. The average molecular weight is 596 g/mol. The lowest BCUT2D eigenvalue weighted by Crippen LogP contribution is -2.13. The van der Waals surface area contributed by atoms with Crippen molar-refractivity contribution in [1.82, 2.24) is 4.98 Å². The van der Waals surface area contributed by atoms with Gasteiger partial charge in [-0.1, -0.05) is 64.6 Å². The lowest BCUT2D eigenvalue weighted by molar-refractivity contribution is 0.102. The third kappa shape index (κ3) is 6.26. The van der Waals surface area contributed by atoms with Gasteiger partial charge in [-0.25, -0.2) is 9.83 Å². The highest BCUT2D eigenvalue weighted by atomic mass is 35.5. The Morgan fingerprint density at radius 2 is 1.59 bits per heavy atom. The van der Waals surface area contributed by atoms with Crippen molar-refractivity contribution in [3.05, 3.63) is 115 Å². The molecule has 0 aliphatic carbocycles. The molecule has 1 heterocycles. The lowest BCUT2D eigenvalue weighted by atomic mass is 10.1. The number of carbonyl (C=O) groups excluding carboxylic acids is 1. The number of phenols is 1. The maximum atomic E-state index is 12.1. The van der Waals surface area contributed by atoms with Gasteiger partial charge >= 0.3 is 0 Å². The fourth-order valence-corrected chi connectivity index (χ4v) is 4.53. The minimum atomic E-state index is -0.564. The number of fused-ring (bicyclic) bond motifs is 1. The molecule has 0 aliphatic rings. The van der Waals surface area contributed by atoms with Gasteiger partial charge in [-0.05, 0) is 54.6 Å². The van der Waals surface area contributed by atoms with Gasteiger partial charge in [-0.2, -0.15) is 5.26 Å². The van der Waals surface area contributed by atoms with Gasteiger partial charge < -0.3 is 14.8 Å². The van der Waals surface area contributed by atoms with Crippen molar-refractivity contribution in [3.63, 3.8) is 0 Å². The highest BCUT2D eigenvalue weighted by Crippen LogP contribution is 2.36. The minimum Gasteiger partial charge on any atom is -0.506 e. The van der Waals surface area contributed by atoms with Crippen LogP contribution in [0.5, 0.6) is 5.75 Å². The molecule has 0 unspecified atom stereocenters. The highest BCUT2D eigenvalue weighted by Gasteiger charge is 2.17. The third-order valence-electron chi connectivity index (χ3n) is 5.24. The number of phenolic OH excluding ortho intramolecular Hbond substituents is 1. The molecule has 0 fully saturated rings. The van der Waals surface area contributed by atoms with Crippen molar-refractivity contribution in [2.75, 3.05) is 5.32 Å². The molecule has 0 saturated carbocycles. The Kier molecular flexibility index (Phi) is 8.61. The number of carbonyl (C=O) groups is 1. The largest absolute Gasteiger partial charge is 0.506 e. The first kappa shape index (κ1) is 27.8. The van der Waals surface area contributed by atoms with Gasteiger partial charge in [0, 0.05) is 0 Å². The van der Waals surface area contributed by atoms with Gasteiger partial charge in [-0.3, -0.25) is 4.79 Å². The van der Waals surface area contributed by atoms with E-state index in [1.165, 1.54) is 30.3 Å². The van der Waals surface area contributed by atoms with Gasteiger partial charge in [0.15, 0.2) is 11.3 Å². The molecule has 0 atom stereocenters. The molecule has 5 rings (SSSR count). The zero-order valence-corrected chi connectivity index (χ0v) is 22.6. The van der Waals surface area contributed by atoms with E-state index in [1.54, 1.807) is 42.5 Å². The van der Waals surface area contributed by atoms with Crippen molar-refractivity contribution >= 4 is 74.8 Å². The van der Waals surface area contributed by atoms with Crippen LogP contribution in [0.4, 0.5) is 11.4 Å². The van der Waals surface area contributed by atoms with E-state index >= 15 is 0 Å². The van der Waals surface area contributed by atoms with E-state index < -0.39 is 5.91 Å². The predicted octanol–water partition coefficient (Wildman–Crippen LogP) is 9.18. The van der Waals surface area contributed by atoms with Crippen LogP contribution in [0.2, 0.25) is 20.1 Å². The number of benzene rings is 4. The minimum absolute atomic E-state index is 0.109. The fraction of sp³-hybridized carbons (Fsp3) is 0. The van der Waals surface area contributed by atoms with E-state index in [1.807, 2.05) is 6.07 Å². The molecule has 0 radical (unpaired) electrons. The Morgan fingerprint density at radius 1 is 0.949 bits per heavy atom. The number of halogens is 4. The summed E-state index contributed by atoms with van der Waals surface area (Å²) < 4.78 is 5.63. The monoisotopic (exact) mass is 594 g/mol. The molecule has 0 aliphatic heterocycles. The maximum absolute atomic E-state index is 12.1. The number of nitrogens with zero attached hydrogens (tertiary/aromatic N) is 3. The Balaban J connectivity index is 0.000000181. The van der Waals surface area contributed by atoms with Crippen molar-refractivity contribution in [1.29, 1.82) is 5.26 Å². The number of nitriles is 1. The van der Waals surface area contributed by atoms with Crippen molar-refractivity contribution in [2.24, 2.45) is 0 Å². The molecule has 11 heteroatoms. The summed E-state index contributed by atoms with van der Waals surface area (Å²) in [7, 11) is 0. The smallest absolute Gasteiger partial charge is 0.258 e. The Bertz CT molecular complexity index is 1770. The Hall–Kier alpha value is -4.24. The summed E-state index contributed by atoms with van der Waals surface area (Å²) in [5.74, 6) is -0.362. The number of rotatable bonds is 3. The first-order valence-corrected chi connectivity index (χ1v) is 12.4. The molecule has 1 aromatic heterocycles. The molecular formula is C28H14Cl4N4O3. The molecule has 2 N–H and O–H groups in total. The van der Waals surface area contributed by atoms with E-state index in [2.05, 4.69) is 15.1 Å². The normalized spacial score (nSPS) is 10.2. The summed E-state index contributed by atoms with van der Waals surface area (Å²) in [4.78, 5) is 19.8. The molecule has 0 spiro atoms. The van der Waals surface area contributed by atoms with Crippen LogP contribution in [0.1, 0.15) is 15.9 Å². The van der Waals surface area contributed by atoms with Crippen molar-refractivity contribution in [3.8, 4) is 23.3 Å². The summed E-state index contributed by atoms with van der Waals surface area (Å²) in [6.07, 6.45) is 0. The molecule has 7 nitrogen and oxygen atoms in total. The number of hydrogen-bond donors (Lipinski definition) is 2. The lowest BCUT2D eigenvalue weighted by Gasteiger charge is -2.10. The second-order valence-electron chi connectivity index (χ2n) is 7.77. The van der Waals surface area contributed by atoms with Gasteiger partial charge in [-0.15, -0.1) is 0 Å². The standard InChI is InChI=1S/C14H8Cl2N2O2.C14H6Cl2N2O/c15-9-2-1-3-10(16)13(9)14(20)18-11-6-8(7-17)4-5-12(11)19;1-17-8-5-6-12-11(7-8)18-14(19-12)13-9(15)3-2-4-10(13)16/h1-6,19H,(H,18,20);2-7H. The predicted molar refractivity (Wildman–Crippen MR) is 153 cm³/mol. The van der Waals surface area contributed by atoms with E-state index in [9.17, 15) is 9.90 Å². The summed E-state index contributed by atoms with van der Waals surface area (Å²) >= 11 is 24.1. The molecule has 0 bridgehead atoms. The van der Waals surface area contributed by atoms with Crippen LogP contribution in [0.15, 0.2) is 77.2 Å². The van der Waals surface area contributed by atoms with Crippen LogP contribution in [-0.2, 0) is 0 Å². The average Bonchev–Trinajstić information content (AvgIpc) is 3.33. The quantitative estimate of drug-likeness (QED) is 0.160. The van der Waals surface area contributed by atoms with Crippen molar-refractivity contribution < 1.29 is 14.3 Å². The molecule has 192 valence electrons.